The normalized spacial score (nSPS) is 19.4. The lowest BCUT2D eigenvalue weighted by Crippen LogP contribution is -2.62. The molecule has 6 rings (SSSR count). The quantitative estimate of drug-likeness (QED) is 0.348. The van der Waals surface area contributed by atoms with Crippen LogP contribution in [0.2, 0.25) is 0 Å². The Labute approximate surface area is 207 Å². The molecule has 0 bridgehead atoms. The molecule has 2 aliphatic heterocycles. The minimum atomic E-state index is -0.649. The highest BCUT2D eigenvalue weighted by Crippen LogP contribution is 2.42. The molecule has 2 aliphatic rings. The topological polar surface area (TPSA) is 99.6 Å². The first-order chi connectivity index (χ1) is 17.4. The van der Waals surface area contributed by atoms with E-state index in [0.717, 1.165) is 38.9 Å². The van der Waals surface area contributed by atoms with Crippen molar-refractivity contribution >= 4 is 28.4 Å². The van der Waals surface area contributed by atoms with Crippen LogP contribution in [0.3, 0.4) is 0 Å². The maximum absolute atomic E-state index is 13.8. The molecule has 0 aliphatic carbocycles. The number of hydrogen-bond donors (Lipinski definition) is 1. The standard InChI is InChI=1S/C28H24N4O4/c1-17-6-8-18(9-7-17)15-30-16-25(33)31-24(28(30)34)14-22-21-4-2-3-5-23(21)29-26(22)27(31)19-10-12-20(13-11-19)32(35)36/h2-13,24,27,29H,14-16H2,1H3. The van der Waals surface area contributed by atoms with Gasteiger partial charge in [0.15, 0.2) is 0 Å². The third kappa shape index (κ3) is 3.53. The number of para-hydroxylation sites is 1. The van der Waals surface area contributed by atoms with Crippen molar-refractivity contribution in [2.75, 3.05) is 6.54 Å². The fourth-order valence-electron chi connectivity index (χ4n) is 5.50. The number of nitro benzene ring substituents is 1. The van der Waals surface area contributed by atoms with Gasteiger partial charge in [0.05, 0.1) is 11.0 Å². The second kappa shape index (κ2) is 8.34. The van der Waals surface area contributed by atoms with Crippen LogP contribution < -0.4 is 0 Å². The monoisotopic (exact) mass is 480 g/mol. The number of non-ortho nitro benzene ring substituents is 1. The Balaban J connectivity index is 1.44. The van der Waals surface area contributed by atoms with Gasteiger partial charge in [0.25, 0.3) is 5.69 Å². The molecule has 4 aromatic rings. The number of hydrogen-bond acceptors (Lipinski definition) is 4. The van der Waals surface area contributed by atoms with Crippen LogP contribution in [0.5, 0.6) is 0 Å². The number of aromatic nitrogens is 1. The zero-order valence-electron chi connectivity index (χ0n) is 19.7. The summed E-state index contributed by atoms with van der Waals surface area (Å²) >= 11 is 0. The number of nitrogens with one attached hydrogen (secondary N) is 1. The first kappa shape index (κ1) is 22.0. The largest absolute Gasteiger partial charge is 0.356 e. The third-order valence-corrected chi connectivity index (χ3v) is 7.26. The number of nitrogens with zero attached hydrogens (tertiary/aromatic N) is 3. The van der Waals surface area contributed by atoms with E-state index in [9.17, 15) is 19.7 Å². The van der Waals surface area contributed by atoms with Crippen molar-refractivity contribution in [2.45, 2.75) is 32.0 Å². The average Bonchev–Trinajstić information content (AvgIpc) is 3.25. The summed E-state index contributed by atoms with van der Waals surface area (Å²) in [5.41, 5.74) is 5.62. The molecule has 1 saturated heterocycles. The van der Waals surface area contributed by atoms with Crippen molar-refractivity contribution in [1.29, 1.82) is 0 Å². The van der Waals surface area contributed by atoms with Gasteiger partial charge in [-0.2, -0.15) is 0 Å². The predicted octanol–water partition coefficient (Wildman–Crippen LogP) is 4.27. The van der Waals surface area contributed by atoms with Crippen LogP contribution >= 0.6 is 0 Å². The fraction of sp³-hybridized carbons (Fsp3) is 0.214. The van der Waals surface area contributed by atoms with E-state index in [4.69, 9.17) is 0 Å². The Morgan fingerprint density at radius 2 is 1.72 bits per heavy atom. The Morgan fingerprint density at radius 3 is 2.44 bits per heavy atom. The van der Waals surface area contributed by atoms with E-state index in [1.54, 1.807) is 21.9 Å². The molecule has 0 saturated carbocycles. The molecule has 2 unspecified atom stereocenters. The molecule has 1 aromatic heterocycles. The molecule has 36 heavy (non-hydrogen) atoms. The van der Waals surface area contributed by atoms with Crippen molar-refractivity contribution in [3.8, 4) is 0 Å². The second-order valence-corrected chi connectivity index (χ2v) is 9.51. The molecule has 180 valence electrons. The zero-order valence-corrected chi connectivity index (χ0v) is 19.7. The van der Waals surface area contributed by atoms with Crippen molar-refractivity contribution in [2.24, 2.45) is 0 Å². The minimum Gasteiger partial charge on any atom is -0.356 e. The van der Waals surface area contributed by atoms with Crippen LogP contribution in [0.1, 0.15) is 34.0 Å². The van der Waals surface area contributed by atoms with Gasteiger partial charge in [0.1, 0.15) is 12.6 Å². The van der Waals surface area contributed by atoms with Crippen LogP contribution in [-0.4, -0.2) is 44.1 Å². The molecular weight excluding hydrogens is 456 g/mol. The maximum atomic E-state index is 13.8. The van der Waals surface area contributed by atoms with E-state index < -0.39 is 17.0 Å². The van der Waals surface area contributed by atoms with Gasteiger partial charge in [0, 0.05) is 41.7 Å². The van der Waals surface area contributed by atoms with Gasteiger partial charge in [0.2, 0.25) is 11.8 Å². The van der Waals surface area contributed by atoms with Gasteiger partial charge < -0.3 is 14.8 Å². The van der Waals surface area contributed by atoms with Crippen molar-refractivity contribution in [3.63, 3.8) is 0 Å². The van der Waals surface area contributed by atoms with E-state index in [1.807, 2.05) is 55.5 Å². The lowest BCUT2D eigenvalue weighted by atomic mass is 9.86. The molecule has 1 N–H and O–H groups in total. The van der Waals surface area contributed by atoms with Crippen LogP contribution in [-0.2, 0) is 22.6 Å². The van der Waals surface area contributed by atoms with Crippen molar-refractivity contribution < 1.29 is 14.5 Å². The summed E-state index contributed by atoms with van der Waals surface area (Å²) in [7, 11) is 0. The van der Waals surface area contributed by atoms with E-state index in [0.29, 0.717) is 13.0 Å². The summed E-state index contributed by atoms with van der Waals surface area (Å²) in [6.07, 6.45) is 0.414. The Kier molecular flexibility index (Phi) is 5.10. The molecule has 3 heterocycles. The average molecular weight is 481 g/mol. The number of H-pyrrole nitrogens is 1. The van der Waals surface area contributed by atoms with E-state index in [2.05, 4.69) is 4.98 Å². The van der Waals surface area contributed by atoms with Gasteiger partial charge >= 0.3 is 0 Å². The molecule has 8 heteroatoms. The smallest absolute Gasteiger partial charge is 0.269 e. The lowest BCUT2D eigenvalue weighted by Gasteiger charge is -2.47. The lowest BCUT2D eigenvalue weighted by molar-refractivity contribution is -0.384. The molecule has 3 aromatic carbocycles. The highest BCUT2D eigenvalue weighted by molar-refractivity contribution is 5.97. The van der Waals surface area contributed by atoms with Crippen LogP contribution in [0.4, 0.5) is 5.69 Å². The van der Waals surface area contributed by atoms with Crippen molar-refractivity contribution in [1.82, 2.24) is 14.8 Å². The highest BCUT2D eigenvalue weighted by Gasteiger charge is 2.48. The van der Waals surface area contributed by atoms with Crippen LogP contribution in [0.25, 0.3) is 10.9 Å². The summed E-state index contributed by atoms with van der Waals surface area (Å²) < 4.78 is 0. The number of carbonyl (C=O) groups is 2. The first-order valence-electron chi connectivity index (χ1n) is 11.9. The molecule has 2 amide bonds. The van der Waals surface area contributed by atoms with Crippen molar-refractivity contribution in [3.05, 3.63) is 111 Å². The Morgan fingerprint density at radius 1 is 1.00 bits per heavy atom. The molecule has 8 nitrogen and oxygen atoms in total. The SMILES string of the molecule is Cc1ccc(CN2CC(=O)N3C(Cc4c([nH]c5ccccc45)C3c3ccc([N+](=O)[O-])cc3)C2=O)cc1. The summed E-state index contributed by atoms with van der Waals surface area (Å²) in [5.74, 6) is -0.225. The number of aryl methyl sites for hydroxylation is 1. The number of benzene rings is 3. The minimum absolute atomic E-state index is 0.0117. The summed E-state index contributed by atoms with van der Waals surface area (Å²) in [4.78, 5) is 45.0. The number of nitro groups is 1. The summed E-state index contributed by atoms with van der Waals surface area (Å²) in [6.45, 7) is 2.37. The van der Waals surface area contributed by atoms with Gasteiger partial charge in [-0.05, 0) is 41.8 Å². The number of rotatable bonds is 4. The highest BCUT2D eigenvalue weighted by atomic mass is 16.6. The summed E-state index contributed by atoms with van der Waals surface area (Å²) in [5, 5.41) is 12.2. The number of piperazine rings is 1. The fourth-order valence-corrected chi connectivity index (χ4v) is 5.50. The van der Waals surface area contributed by atoms with E-state index >= 15 is 0 Å². The Bertz CT molecular complexity index is 1510. The van der Waals surface area contributed by atoms with Gasteiger partial charge in [-0.15, -0.1) is 0 Å². The molecular formula is C28H24N4O4. The molecule has 0 spiro atoms. The number of aromatic amines is 1. The predicted molar refractivity (Wildman–Crippen MR) is 134 cm³/mol. The number of amides is 2. The second-order valence-electron chi connectivity index (χ2n) is 9.51. The maximum Gasteiger partial charge on any atom is 0.269 e. The van der Waals surface area contributed by atoms with Crippen LogP contribution in [0.15, 0.2) is 72.8 Å². The zero-order chi connectivity index (χ0) is 25.0. The van der Waals surface area contributed by atoms with E-state index in [-0.39, 0.29) is 24.0 Å². The molecule has 0 radical (unpaired) electrons. The summed E-state index contributed by atoms with van der Waals surface area (Å²) in [6, 6.07) is 20.9. The van der Waals surface area contributed by atoms with Gasteiger partial charge in [-0.3, -0.25) is 19.7 Å². The van der Waals surface area contributed by atoms with Crippen LogP contribution in [0, 0.1) is 17.0 Å². The number of fused-ring (bicyclic) bond motifs is 4. The van der Waals surface area contributed by atoms with E-state index in [1.165, 1.54) is 12.1 Å². The van der Waals surface area contributed by atoms with Gasteiger partial charge in [-0.1, -0.05) is 48.0 Å². The number of carbonyl (C=O) groups excluding carboxylic acids is 2. The molecule has 1 fully saturated rings. The molecule has 2 atom stereocenters. The Hall–Kier alpha value is -4.46. The third-order valence-electron chi connectivity index (χ3n) is 7.26. The first-order valence-corrected chi connectivity index (χ1v) is 11.9. The van der Waals surface area contributed by atoms with Gasteiger partial charge in [-0.25, -0.2) is 0 Å².